The van der Waals surface area contributed by atoms with Gasteiger partial charge in [0.1, 0.15) is 0 Å². The van der Waals surface area contributed by atoms with Crippen LogP contribution in [0.3, 0.4) is 0 Å². The van der Waals surface area contributed by atoms with Crippen LogP contribution in [0.5, 0.6) is 0 Å². The van der Waals surface area contributed by atoms with E-state index in [2.05, 4.69) is 0 Å². The second kappa shape index (κ2) is 6.84. The van der Waals surface area contributed by atoms with Crippen LogP contribution in [0.2, 0.25) is 10.0 Å². The Morgan fingerprint density at radius 1 is 1.00 bits per heavy atom. The van der Waals surface area contributed by atoms with Crippen molar-refractivity contribution in [1.29, 1.82) is 0 Å². The van der Waals surface area contributed by atoms with E-state index in [1.54, 1.807) is 6.07 Å². The van der Waals surface area contributed by atoms with Gasteiger partial charge in [0.15, 0.2) is 0 Å². The minimum Gasteiger partial charge on any atom is -0.324 e. The molecule has 1 fully saturated rings. The SMILES string of the molecule is Cl.N[C@H](c1cc(Cl)cc(Cl)c1)C1CCCCC1. The molecule has 0 radical (unpaired) electrons. The van der Waals surface area contributed by atoms with Crippen molar-refractivity contribution in [2.45, 2.75) is 38.1 Å². The summed E-state index contributed by atoms with van der Waals surface area (Å²) in [5, 5.41) is 1.35. The van der Waals surface area contributed by atoms with Crippen molar-refractivity contribution in [2.24, 2.45) is 11.7 Å². The number of benzene rings is 1. The zero-order chi connectivity index (χ0) is 11.5. The van der Waals surface area contributed by atoms with Crippen LogP contribution in [0.15, 0.2) is 18.2 Å². The van der Waals surface area contributed by atoms with Gasteiger partial charge in [0.25, 0.3) is 0 Å². The summed E-state index contributed by atoms with van der Waals surface area (Å²) in [6, 6.07) is 5.70. The number of hydrogen-bond donors (Lipinski definition) is 1. The van der Waals surface area contributed by atoms with Gasteiger partial charge in [-0.3, -0.25) is 0 Å². The van der Waals surface area contributed by atoms with Crippen LogP contribution in [0, 0.1) is 5.92 Å². The second-order valence-electron chi connectivity index (χ2n) is 4.63. The molecule has 17 heavy (non-hydrogen) atoms. The van der Waals surface area contributed by atoms with Gasteiger partial charge in [-0.15, -0.1) is 12.4 Å². The fraction of sp³-hybridized carbons (Fsp3) is 0.538. The third-order valence-electron chi connectivity index (χ3n) is 3.43. The molecule has 0 amide bonds. The maximum atomic E-state index is 6.29. The average Bonchev–Trinajstić information content (AvgIpc) is 2.28. The minimum absolute atomic E-state index is 0. The molecule has 1 aliphatic carbocycles. The van der Waals surface area contributed by atoms with Crippen molar-refractivity contribution < 1.29 is 0 Å². The highest BCUT2D eigenvalue weighted by molar-refractivity contribution is 6.34. The van der Waals surface area contributed by atoms with Crippen molar-refractivity contribution in [3.8, 4) is 0 Å². The third-order valence-corrected chi connectivity index (χ3v) is 3.86. The molecule has 1 aliphatic rings. The van der Waals surface area contributed by atoms with E-state index in [-0.39, 0.29) is 18.4 Å². The highest BCUT2D eigenvalue weighted by Gasteiger charge is 2.22. The molecular formula is C13H18Cl3N. The van der Waals surface area contributed by atoms with Gasteiger partial charge < -0.3 is 5.73 Å². The Hall–Kier alpha value is 0.0500. The molecule has 96 valence electrons. The summed E-state index contributed by atoms with van der Waals surface area (Å²) in [6.07, 6.45) is 6.40. The van der Waals surface area contributed by atoms with E-state index in [0.717, 1.165) is 5.56 Å². The van der Waals surface area contributed by atoms with Crippen molar-refractivity contribution in [3.63, 3.8) is 0 Å². The van der Waals surface area contributed by atoms with Gasteiger partial charge in [0.05, 0.1) is 0 Å². The molecule has 0 aliphatic heterocycles. The molecule has 1 nitrogen and oxygen atoms in total. The number of halogens is 3. The largest absolute Gasteiger partial charge is 0.324 e. The molecule has 0 heterocycles. The molecular weight excluding hydrogens is 277 g/mol. The van der Waals surface area contributed by atoms with E-state index in [1.165, 1.54) is 32.1 Å². The average molecular weight is 295 g/mol. The molecule has 0 spiro atoms. The Bertz CT molecular complexity index is 341. The van der Waals surface area contributed by atoms with Crippen molar-refractivity contribution in [2.75, 3.05) is 0 Å². The molecule has 0 unspecified atom stereocenters. The molecule has 4 heteroatoms. The summed E-state index contributed by atoms with van der Waals surface area (Å²) in [5.74, 6) is 0.586. The lowest BCUT2D eigenvalue weighted by molar-refractivity contribution is 0.308. The summed E-state index contributed by atoms with van der Waals surface area (Å²) in [6.45, 7) is 0. The Labute approximate surface area is 119 Å². The Kier molecular flexibility index (Phi) is 6.08. The monoisotopic (exact) mass is 293 g/mol. The fourth-order valence-corrected chi connectivity index (χ4v) is 3.08. The summed E-state index contributed by atoms with van der Waals surface area (Å²) in [4.78, 5) is 0. The molecule has 1 atom stereocenters. The second-order valence-corrected chi connectivity index (χ2v) is 5.50. The molecule has 0 bridgehead atoms. The molecule has 1 saturated carbocycles. The van der Waals surface area contributed by atoms with E-state index < -0.39 is 0 Å². The number of rotatable bonds is 2. The van der Waals surface area contributed by atoms with Gasteiger partial charge in [-0.25, -0.2) is 0 Å². The molecule has 1 aromatic carbocycles. The lowest BCUT2D eigenvalue weighted by atomic mass is 9.81. The van der Waals surface area contributed by atoms with Crippen LogP contribution in [-0.4, -0.2) is 0 Å². The molecule has 2 rings (SSSR count). The lowest BCUT2D eigenvalue weighted by Crippen LogP contribution is -2.23. The molecule has 0 saturated heterocycles. The lowest BCUT2D eigenvalue weighted by Gasteiger charge is -2.28. The maximum absolute atomic E-state index is 6.29. The number of nitrogens with two attached hydrogens (primary N) is 1. The van der Waals surface area contributed by atoms with Crippen LogP contribution >= 0.6 is 35.6 Å². The van der Waals surface area contributed by atoms with E-state index in [4.69, 9.17) is 28.9 Å². The zero-order valence-electron chi connectivity index (χ0n) is 9.66. The molecule has 2 N–H and O–H groups in total. The third kappa shape index (κ3) is 4.03. The van der Waals surface area contributed by atoms with Crippen molar-refractivity contribution in [1.82, 2.24) is 0 Å². The Balaban J connectivity index is 0.00000144. The van der Waals surface area contributed by atoms with Crippen LogP contribution in [0.1, 0.15) is 43.7 Å². The maximum Gasteiger partial charge on any atom is 0.0424 e. The van der Waals surface area contributed by atoms with Crippen molar-refractivity contribution in [3.05, 3.63) is 33.8 Å². The number of hydrogen-bond acceptors (Lipinski definition) is 1. The van der Waals surface area contributed by atoms with Gasteiger partial charge in [0.2, 0.25) is 0 Å². The van der Waals surface area contributed by atoms with E-state index in [0.29, 0.717) is 16.0 Å². The van der Waals surface area contributed by atoms with E-state index in [1.807, 2.05) is 12.1 Å². The minimum atomic E-state index is 0. The molecule has 1 aromatic rings. The summed E-state index contributed by atoms with van der Waals surface area (Å²) in [7, 11) is 0. The highest BCUT2D eigenvalue weighted by atomic mass is 35.5. The Morgan fingerprint density at radius 2 is 1.53 bits per heavy atom. The van der Waals surface area contributed by atoms with E-state index >= 15 is 0 Å². The zero-order valence-corrected chi connectivity index (χ0v) is 12.0. The predicted molar refractivity (Wildman–Crippen MR) is 77.2 cm³/mol. The van der Waals surface area contributed by atoms with E-state index in [9.17, 15) is 0 Å². The standard InChI is InChI=1S/C13H17Cl2N.ClH/c14-11-6-10(7-12(15)8-11)13(16)9-4-2-1-3-5-9;/h6-9,13H,1-5,16H2;1H/t13-;/m0./s1. The van der Waals surface area contributed by atoms with Gasteiger partial charge >= 0.3 is 0 Å². The Morgan fingerprint density at radius 3 is 2.06 bits per heavy atom. The first kappa shape index (κ1) is 15.1. The van der Waals surface area contributed by atoms with Crippen molar-refractivity contribution >= 4 is 35.6 Å². The van der Waals surface area contributed by atoms with Gasteiger partial charge in [-0.2, -0.15) is 0 Å². The normalized spacial score (nSPS) is 18.5. The fourth-order valence-electron chi connectivity index (χ4n) is 2.53. The first-order valence-electron chi connectivity index (χ1n) is 5.88. The van der Waals surface area contributed by atoms with Crippen LogP contribution in [0.25, 0.3) is 0 Å². The van der Waals surface area contributed by atoms with Gasteiger partial charge in [-0.05, 0) is 42.5 Å². The first-order chi connectivity index (χ1) is 7.66. The smallest absolute Gasteiger partial charge is 0.0424 e. The summed E-state index contributed by atoms with van der Waals surface area (Å²) in [5.41, 5.74) is 7.36. The topological polar surface area (TPSA) is 26.0 Å². The van der Waals surface area contributed by atoms with Crippen LogP contribution in [-0.2, 0) is 0 Å². The van der Waals surface area contributed by atoms with Crippen LogP contribution in [0.4, 0.5) is 0 Å². The van der Waals surface area contributed by atoms with Crippen LogP contribution < -0.4 is 5.73 Å². The summed E-state index contributed by atoms with van der Waals surface area (Å²) >= 11 is 12.0. The quantitative estimate of drug-likeness (QED) is 0.816. The predicted octanol–water partition coefficient (Wildman–Crippen LogP) is 5.00. The molecule has 0 aromatic heterocycles. The first-order valence-corrected chi connectivity index (χ1v) is 6.64. The van der Waals surface area contributed by atoms with Gasteiger partial charge in [-0.1, -0.05) is 42.5 Å². The summed E-state index contributed by atoms with van der Waals surface area (Å²) < 4.78 is 0. The van der Waals surface area contributed by atoms with Gasteiger partial charge in [0, 0.05) is 16.1 Å². The highest BCUT2D eigenvalue weighted by Crippen LogP contribution is 2.34.